The maximum atomic E-state index is 2.25. The van der Waals surface area contributed by atoms with Gasteiger partial charge in [0.1, 0.15) is 0 Å². The maximum absolute atomic E-state index is 2.25. The first kappa shape index (κ1) is 13.0. The van der Waals surface area contributed by atoms with Gasteiger partial charge in [-0.2, -0.15) is 0 Å². The summed E-state index contributed by atoms with van der Waals surface area (Å²) in [7, 11) is 0. The molecule has 0 nitrogen and oxygen atoms in total. The molecule has 0 aromatic carbocycles. The van der Waals surface area contributed by atoms with Gasteiger partial charge in [-0.15, -0.1) is 0 Å². The highest BCUT2D eigenvalue weighted by atomic mass is 14.2. The van der Waals surface area contributed by atoms with Crippen molar-refractivity contribution < 1.29 is 0 Å². The topological polar surface area (TPSA) is 0 Å². The average Bonchev–Trinajstić information content (AvgIpc) is 1.96. The number of allylic oxidation sites excluding steroid dienone is 8. The lowest BCUT2D eigenvalue weighted by molar-refractivity contribution is 0.511. The predicted molar refractivity (Wildman–Crippen MR) is 73.4 cm³/mol. The van der Waals surface area contributed by atoms with Gasteiger partial charge in [-0.1, -0.05) is 78.0 Å². The number of rotatable bonds is 0. The SMILES string of the molecule is CC(C)(C)C1=CC=C(C(C)(C)C)C=CC=C1. The Bertz CT molecular complexity index is 322. The van der Waals surface area contributed by atoms with Gasteiger partial charge < -0.3 is 0 Å². The highest BCUT2D eigenvalue weighted by molar-refractivity contribution is 5.39. The molecular formula is C16H24. The summed E-state index contributed by atoms with van der Waals surface area (Å²) < 4.78 is 0. The Kier molecular flexibility index (Phi) is 3.62. The molecule has 0 amide bonds. The molecule has 1 aliphatic rings. The van der Waals surface area contributed by atoms with Gasteiger partial charge in [0.15, 0.2) is 0 Å². The molecule has 16 heavy (non-hydrogen) atoms. The van der Waals surface area contributed by atoms with Crippen molar-refractivity contribution in [2.75, 3.05) is 0 Å². The summed E-state index contributed by atoms with van der Waals surface area (Å²) >= 11 is 0. The molecule has 0 saturated heterocycles. The van der Waals surface area contributed by atoms with Crippen LogP contribution in [0.3, 0.4) is 0 Å². The lowest BCUT2D eigenvalue weighted by Crippen LogP contribution is -2.10. The van der Waals surface area contributed by atoms with Crippen LogP contribution in [-0.4, -0.2) is 0 Å². The Morgan fingerprint density at radius 1 is 0.625 bits per heavy atom. The predicted octanol–water partition coefficient (Wildman–Crippen LogP) is 5.06. The molecule has 0 aliphatic heterocycles. The van der Waals surface area contributed by atoms with Crippen LogP contribution in [0, 0.1) is 10.8 Å². The largest absolute Gasteiger partial charge is 0.0620 e. The summed E-state index contributed by atoms with van der Waals surface area (Å²) in [6.45, 7) is 13.5. The summed E-state index contributed by atoms with van der Waals surface area (Å²) in [5.74, 6) is 0. The van der Waals surface area contributed by atoms with Gasteiger partial charge in [0.25, 0.3) is 0 Å². The van der Waals surface area contributed by atoms with E-state index in [-0.39, 0.29) is 10.8 Å². The minimum Gasteiger partial charge on any atom is -0.0620 e. The van der Waals surface area contributed by atoms with E-state index in [1.54, 1.807) is 0 Å². The molecule has 0 spiro atoms. The summed E-state index contributed by atoms with van der Waals surface area (Å²) in [6, 6.07) is 0. The van der Waals surface area contributed by atoms with Crippen LogP contribution in [0.4, 0.5) is 0 Å². The van der Waals surface area contributed by atoms with E-state index in [1.807, 2.05) is 0 Å². The van der Waals surface area contributed by atoms with Gasteiger partial charge in [-0.05, 0) is 22.0 Å². The standard InChI is InChI=1S/C16H24/c1-15(2,3)13-9-7-8-10-14(12-11-13)16(4,5)6/h7-12H,1-6H3. The third-order valence-electron chi connectivity index (χ3n) is 2.84. The van der Waals surface area contributed by atoms with E-state index in [9.17, 15) is 0 Å². The van der Waals surface area contributed by atoms with E-state index in [2.05, 4.69) is 78.0 Å². The van der Waals surface area contributed by atoms with Gasteiger partial charge in [0.2, 0.25) is 0 Å². The van der Waals surface area contributed by atoms with E-state index >= 15 is 0 Å². The van der Waals surface area contributed by atoms with Crippen LogP contribution in [0.1, 0.15) is 41.5 Å². The van der Waals surface area contributed by atoms with Crippen molar-refractivity contribution in [3.8, 4) is 0 Å². The van der Waals surface area contributed by atoms with Crippen molar-refractivity contribution in [3.63, 3.8) is 0 Å². The zero-order valence-electron chi connectivity index (χ0n) is 11.5. The molecule has 0 heterocycles. The van der Waals surface area contributed by atoms with Crippen molar-refractivity contribution in [1.29, 1.82) is 0 Å². The lowest BCUT2D eigenvalue weighted by atomic mass is 9.82. The molecule has 0 aromatic rings. The molecule has 0 atom stereocenters. The Morgan fingerprint density at radius 3 is 1.19 bits per heavy atom. The fourth-order valence-electron chi connectivity index (χ4n) is 1.61. The Hall–Kier alpha value is -1.04. The molecule has 0 fully saturated rings. The van der Waals surface area contributed by atoms with E-state index in [0.717, 1.165) is 0 Å². The average molecular weight is 216 g/mol. The van der Waals surface area contributed by atoms with Gasteiger partial charge in [0, 0.05) is 0 Å². The second kappa shape index (κ2) is 4.45. The monoisotopic (exact) mass is 216 g/mol. The van der Waals surface area contributed by atoms with E-state index in [4.69, 9.17) is 0 Å². The molecule has 0 aromatic heterocycles. The Balaban J connectivity index is 3.11. The zero-order valence-corrected chi connectivity index (χ0v) is 11.5. The molecule has 0 radical (unpaired) electrons. The van der Waals surface area contributed by atoms with Crippen LogP contribution >= 0.6 is 0 Å². The van der Waals surface area contributed by atoms with Gasteiger partial charge in [0.05, 0.1) is 0 Å². The highest BCUT2D eigenvalue weighted by Gasteiger charge is 2.17. The first-order valence-electron chi connectivity index (χ1n) is 5.99. The van der Waals surface area contributed by atoms with Crippen LogP contribution in [0.15, 0.2) is 47.6 Å². The van der Waals surface area contributed by atoms with Crippen molar-refractivity contribution in [3.05, 3.63) is 47.6 Å². The molecular weight excluding hydrogens is 192 g/mol. The molecule has 0 unspecified atom stereocenters. The molecule has 88 valence electrons. The Morgan fingerprint density at radius 2 is 0.938 bits per heavy atom. The molecule has 0 saturated carbocycles. The van der Waals surface area contributed by atoms with Crippen molar-refractivity contribution in [1.82, 2.24) is 0 Å². The quantitative estimate of drug-likeness (QED) is 0.531. The van der Waals surface area contributed by atoms with Crippen LogP contribution < -0.4 is 0 Å². The maximum Gasteiger partial charge on any atom is -0.0132 e. The van der Waals surface area contributed by atoms with Crippen LogP contribution in [0.5, 0.6) is 0 Å². The first-order valence-corrected chi connectivity index (χ1v) is 5.99. The van der Waals surface area contributed by atoms with Crippen LogP contribution in [0.2, 0.25) is 0 Å². The smallest absolute Gasteiger partial charge is 0.0132 e. The third kappa shape index (κ3) is 3.52. The fraction of sp³-hybridized carbons (Fsp3) is 0.500. The molecule has 0 heteroatoms. The molecule has 1 rings (SSSR count). The van der Waals surface area contributed by atoms with Crippen LogP contribution in [-0.2, 0) is 0 Å². The van der Waals surface area contributed by atoms with E-state index < -0.39 is 0 Å². The van der Waals surface area contributed by atoms with Gasteiger partial charge in [-0.25, -0.2) is 0 Å². The molecule has 0 bridgehead atoms. The van der Waals surface area contributed by atoms with Crippen LogP contribution in [0.25, 0.3) is 0 Å². The second-order valence-corrected chi connectivity index (χ2v) is 6.46. The Labute approximate surface area is 100 Å². The van der Waals surface area contributed by atoms with Gasteiger partial charge in [-0.3, -0.25) is 0 Å². The van der Waals surface area contributed by atoms with Crippen molar-refractivity contribution in [2.24, 2.45) is 10.8 Å². The minimum absolute atomic E-state index is 0.209. The molecule has 1 aliphatic carbocycles. The normalized spacial score (nSPS) is 17.6. The number of hydrogen-bond donors (Lipinski definition) is 0. The first-order chi connectivity index (χ1) is 7.21. The summed E-state index contributed by atoms with van der Waals surface area (Å²) in [5.41, 5.74) is 3.17. The second-order valence-electron chi connectivity index (χ2n) is 6.46. The van der Waals surface area contributed by atoms with E-state index in [1.165, 1.54) is 11.1 Å². The van der Waals surface area contributed by atoms with Crippen molar-refractivity contribution >= 4 is 0 Å². The summed E-state index contributed by atoms with van der Waals surface area (Å²) in [4.78, 5) is 0. The number of hydrogen-bond acceptors (Lipinski definition) is 0. The van der Waals surface area contributed by atoms with Crippen molar-refractivity contribution in [2.45, 2.75) is 41.5 Å². The molecule has 0 N–H and O–H groups in total. The third-order valence-corrected chi connectivity index (χ3v) is 2.84. The fourth-order valence-corrected chi connectivity index (χ4v) is 1.61. The van der Waals surface area contributed by atoms with E-state index in [0.29, 0.717) is 0 Å². The van der Waals surface area contributed by atoms with Gasteiger partial charge >= 0.3 is 0 Å². The highest BCUT2D eigenvalue weighted by Crippen LogP contribution is 2.31. The minimum atomic E-state index is 0.209. The lowest BCUT2D eigenvalue weighted by Gasteiger charge is -2.23. The zero-order chi connectivity index (χ0) is 12.4. The summed E-state index contributed by atoms with van der Waals surface area (Å²) in [5, 5.41) is 0. The summed E-state index contributed by atoms with van der Waals surface area (Å²) in [6.07, 6.45) is 13.2.